The van der Waals surface area contributed by atoms with Crippen LogP contribution in [0, 0.1) is 5.92 Å². The number of urea groups is 1. The lowest BCUT2D eigenvalue weighted by atomic mass is 9.97. The van der Waals surface area contributed by atoms with E-state index in [-0.39, 0.29) is 12.5 Å². The Morgan fingerprint density at radius 1 is 1.40 bits per heavy atom. The lowest BCUT2D eigenvalue weighted by Crippen LogP contribution is -2.36. The number of hydrogen-bond acceptors (Lipinski definition) is 4. The molecule has 0 radical (unpaired) electrons. The number of carbonyl (C=O) groups is 2. The summed E-state index contributed by atoms with van der Waals surface area (Å²) in [6.07, 6.45) is 3.89. The van der Waals surface area contributed by atoms with E-state index in [0.717, 1.165) is 12.8 Å². The van der Waals surface area contributed by atoms with Gasteiger partial charge >= 0.3 is 12.0 Å². The summed E-state index contributed by atoms with van der Waals surface area (Å²) in [5.41, 5.74) is 0. The second-order valence-corrected chi connectivity index (χ2v) is 4.54. The van der Waals surface area contributed by atoms with Gasteiger partial charge in [-0.25, -0.2) is 9.78 Å². The first kappa shape index (κ1) is 15.9. The van der Waals surface area contributed by atoms with E-state index in [1.165, 1.54) is 6.33 Å². The summed E-state index contributed by atoms with van der Waals surface area (Å²) in [4.78, 5) is 25.9. The van der Waals surface area contributed by atoms with Crippen LogP contribution < -0.4 is 10.6 Å². The van der Waals surface area contributed by atoms with Crippen LogP contribution in [0.4, 0.5) is 4.79 Å². The van der Waals surface area contributed by atoms with E-state index in [0.29, 0.717) is 31.3 Å². The summed E-state index contributed by atoms with van der Waals surface area (Å²) in [5, 5.41) is 20.3. The molecule has 0 spiro atoms. The average molecular weight is 283 g/mol. The number of carboxylic acids is 1. The molecular formula is C12H21N5O3. The molecule has 0 bridgehead atoms. The number of aromatic nitrogens is 3. The highest BCUT2D eigenvalue weighted by Gasteiger charge is 2.09. The van der Waals surface area contributed by atoms with Crippen molar-refractivity contribution in [2.75, 3.05) is 6.54 Å². The molecule has 8 heteroatoms. The van der Waals surface area contributed by atoms with Gasteiger partial charge in [0, 0.05) is 13.0 Å². The Labute approximate surface area is 117 Å². The zero-order valence-corrected chi connectivity index (χ0v) is 11.6. The molecule has 0 saturated carbocycles. The zero-order chi connectivity index (χ0) is 14.8. The number of H-pyrrole nitrogens is 1. The highest BCUT2D eigenvalue weighted by atomic mass is 16.4. The number of amides is 2. The predicted molar refractivity (Wildman–Crippen MR) is 71.9 cm³/mol. The van der Waals surface area contributed by atoms with Crippen molar-refractivity contribution in [2.45, 2.75) is 39.2 Å². The Kier molecular flexibility index (Phi) is 7.08. The molecule has 1 atom stereocenters. The van der Waals surface area contributed by atoms with Gasteiger partial charge in [0.2, 0.25) is 0 Å². The topological polar surface area (TPSA) is 120 Å². The number of aliphatic carboxylic acids is 1. The number of aromatic amines is 1. The van der Waals surface area contributed by atoms with Gasteiger partial charge in [0.1, 0.15) is 12.2 Å². The summed E-state index contributed by atoms with van der Waals surface area (Å²) in [6, 6.07) is -0.269. The number of carbonyl (C=O) groups excluding carboxylic acids is 1. The van der Waals surface area contributed by atoms with Gasteiger partial charge in [0.15, 0.2) is 0 Å². The van der Waals surface area contributed by atoms with Crippen LogP contribution in [0.2, 0.25) is 0 Å². The van der Waals surface area contributed by atoms with Crippen molar-refractivity contribution in [1.29, 1.82) is 0 Å². The maximum Gasteiger partial charge on any atom is 0.315 e. The van der Waals surface area contributed by atoms with Crippen LogP contribution in [0.15, 0.2) is 6.33 Å². The third kappa shape index (κ3) is 6.72. The average Bonchev–Trinajstić information content (AvgIpc) is 2.93. The Morgan fingerprint density at radius 2 is 2.20 bits per heavy atom. The standard InChI is InChI=1S/C12H21N5O3/c1-2-9(3-4-11(18)19)5-6-13-12(20)14-7-10-15-8-16-17-10/h8-9H,2-7H2,1H3,(H,18,19)(H2,13,14,20)(H,15,16,17). The first-order valence-electron chi connectivity index (χ1n) is 6.69. The second-order valence-electron chi connectivity index (χ2n) is 4.54. The Morgan fingerprint density at radius 3 is 2.80 bits per heavy atom. The van der Waals surface area contributed by atoms with Crippen LogP contribution in [0.3, 0.4) is 0 Å². The molecule has 1 heterocycles. The van der Waals surface area contributed by atoms with Crippen LogP contribution in [0.25, 0.3) is 0 Å². The van der Waals surface area contributed by atoms with Crippen molar-refractivity contribution in [3.63, 3.8) is 0 Å². The predicted octanol–water partition coefficient (Wildman–Crippen LogP) is 0.885. The van der Waals surface area contributed by atoms with Crippen LogP contribution in [0.5, 0.6) is 0 Å². The van der Waals surface area contributed by atoms with Crippen LogP contribution in [0.1, 0.15) is 38.4 Å². The Bertz CT molecular complexity index is 407. The molecule has 4 N–H and O–H groups in total. The highest BCUT2D eigenvalue weighted by Crippen LogP contribution is 2.14. The van der Waals surface area contributed by atoms with Crippen LogP contribution >= 0.6 is 0 Å². The minimum atomic E-state index is -0.777. The number of nitrogens with zero attached hydrogens (tertiary/aromatic N) is 2. The molecule has 0 aliphatic heterocycles. The molecule has 1 rings (SSSR count). The van der Waals surface area contributed by atoms with E-state index in [9.17, 15) is 9.59 Å². The first-order valence-corrected chi connectivity index (χ1v) is 6.69. The molecule has 0 fully saturated rings. The van der Waals surface area contributed by atoms with E-state index in [2.05, 4.69) is 25.8 Å². The van der Waals surface area contributed by atoms with Crippen LogP contribution in [-0.4, -0.2) is 38.8 Å². The van der Waals surface area contributed by atoms with Gasteiger partial charge in [-0.15, -0.1) is 0 Å². The quantitative estimate of drug-likeness (QED) is 0.536. The molecule has 1 aromatic heterocycles. The molecule has 1 aromatic rings. The molecule has 0 aliphatic rings. The molecule has 0 aromatic carbocycles. The third-order valence-electron chi connectivity index (χ3n) is 3.06. The van der Waals surface area contributed by atoms with E-state index >= 15 is 0 Å². The minimum absolute atomic E-state index is 0.177. The van der Waals surface area contributed by atoms with Gasteiger partial charge in [-0.1, -0.05) is 13.3 Å². The summed E-state index contributed by atoms with van der Waals surface area (Å²) in [6.45, 7) is 2.85. The number of rotatable bonds is 9. The summed E-state index contributed by atoms with van der Waals surface area (Å²) in [5.74, 6) is 0.134. The molecule has 0 aliphatic carbocycles. The lowest BCUT2D eigenvalue weighted by molar-refractivity contribution is -0.137. The number of hydrogen-bond donors (Lipinski definition) is 4. The number of carboxylic acid groups (broad SMARTS) is 1. The molecule has 0 saturated heterocycles. The normalized spacial score (nSPS) is 11.8. The number of nitrogens with one attached hydrogen (secondary N) is 3. The second kappa shape index (κ2) is 8.89. The molecule has 8 nitrogen and oxygen atoms in total. The third-order valence-corrected chi connectivity index (χ3v) is 3.06. The summed E-state index contributed by atoms with van der Waals surface area (Å²) >= 11 is 0. The van der Waals surface area contributed by atoms with Gasteiger partial charge in [-0.3, -0.25) is 9.89 Å². The summed E-state index contributed by atoms with van der Waals surface area (Å²) in [7, 11) is 0. The van der Waals surface area contributed by atoms with Gasteiger partial charge in [0.25, 0.3) is 0 Å². The van der Waals surface area contributed by atoms with Gasteiger partial charge in [-0.2, -0.15) is 5.10 Å². The molecule has 20 heavy (non-hydrogen) atoms. The van der Waals surface area contributed by atoms with E-state index in [1.54, 1.807) is 0 Å². The zero-order valence-electron chi connectivity index (χ0n) is 11.6. The Hall–Kier alpha value is -2.12. The molecule has 2 amide bonds. The maximum absolute atomic E-state index is 11.5. The monoisotopic (exact) mass is 283 g/mol. The van der Waals surface area contributed by atoms with Crippen molar-refractivity contribution in [3.05, 3.63) is 12.2 Å². The summed E-state index contributed by atoms with van der Waals surface area (Å²) < 4.78 is 0. The first-order chi connectivity index (χ1) is 9.61. The largest absolute Gasteiger partial charge is 0.481 e. The Balaban J connectivity index is 2.11. The fourth-order valence-corrected chi connectivity index (χ4v) is 1.81. The molecule has 112 valence electrons. The minimum Gasteiger partial charge on any atom is -0.481 e. The molecule has 1 unspecified atom stereocenters. The smallest absolute Gasteiger partial charge is 0.315 e. The van der Waals surface area contributed by atoms with Crippen molar-refractivity contribution in [2.24, 2.45) is 5.92 Å². The van der Waals surface area contributed by atoms with Crippen molar-refractivity contribution in [1.82, 2.24) is 25.8 Å². The van der Waals surface area contributed by atoms with Crippen LogP contribution in [-0.2, 0) is 11.3 Å². The van der Waals surface area contributed by atoms with Gasteiger partial charge < -0.3 is 15.7 Å². The van der Waals surface area contributed by atoms with E-state index < -0.39 is 5.97 Å². The SMILES string of the molecule is CCC(CCNC(=O)NCc1ncn[nH]1)CCC(=O)O. The fourth-order valence-electron chi connectivity index (χ4n) is 1.81. The maximum atomic E-state index is 11.5. The van der Waals surface area contributed by atoms with E-state index in [1.807, 2.05) is 6.92 Å². The highest BCUT2D eigenvalue weighted by molar-refractivity contribution is 5.73. The van der Waals surface area contributed by atoms with Crippen molar-refractivity contribution in [3.8, 4) is 0 Å². The lowest BCUT2D eigenvalue weighted by Gasteiger charge is -2.14. The van der Waals surface area contributed by atoms with E-state index in [4.69, 9.17) is 5.11 Å². The van der Waals surface area contributed by atoms with Crippen molar-refractivity contribution < 1.29 is 14.7 Å². The fraction of sp³-hybridized carbons (Fsp3) is 0.667. The van der Waals surface area contributed by atoms with Crippen molar-refractivity contribution >= 4 is 12.0 Å². The van der Waals surface area contributed by atoms with Gasteiger partial charge in [-0.05, 0) is 18.8 Å². The van der Waals surface area contributed by atoms with Gasteiger partial charge in [0.05, 0.1) is 6.54 Å². The molecular weight excluding hydrogens is 262 g/mol.